The molecule has 1 aliphatic rings. The van der Waals surface area contributed by atoms with Crippen molar-refractivity contribution in [3.05, 3.63) is 53.0 Å². The highest BCUT2D eigenvalue weighted by Gasteiger charge is 2.07. The molecule has 0 spiro atoms. The van der Waals surface area contributed by atoms with Crippen LogP contribution in [0.3, 0.4) is 0 Å². The van der Waals surface area contributed by atoms with Gasteiger partial charge in [-0.05, 0) is 43.7 Å². The third kappa shape index (κ3) is 5.31. The van der Waals surface area contributed by atoms with Crippen molar-refractivity contribution >= 4 is 16.1 Å². The Balaban J connectivity index is 1.82. The number of sulfonamides is 1. The summed E-state index contributed by atoms with van der Waals surface area (Å²) in [7, 11) is -3.34. The molecule has 0 aromatic heterocycles. The molecule has 108 valence electrons. The molecule has 0 saturated heterocycles. The average molecular weight is 291 g/mol. The monoisotopic (exact) mass is 291 g/mol. The van der Waals surface area contributed by atoms with Crippen LogP contribution in [0.5, 0.6) is 0 Å². The topological polar surface area (TPSA) is 46.2 Å². The van der Waals surface area contributed by atoms with Crippen LogP contribution in [0.4, 0.5) is 0 Å². The Morgan fingerprint density at radius 2 is 1.95 bits per heavy atom. The Morgan fingerprint density at radius 1 is 1.15 bits per heavy atom. The van der Waals surface area contributed by atoms with E-state index in [4.69, 9.17) is 0 Å². The van der Waals surface area contributed by atoms with Crippen LogP contribution >= 0.6 is 0 Å². The maximum atomic E-state index is 11.8. The van der Waals surface area contributed by atoms with Crippen molar-refractivity contribution in [3.8, 4) is 0 Å². The van der Waals surface area contributed by atoms with E-state index >= 15 is 0 Å². The molecule has 1 aromatic rings. The van der Waals surface area contributed by atoms with Crippen LogP contribution in [0, 0.1) is 0 Å². The molecule has 4 heteroatoms. The van der Waals surface area contributed by atoms with E-state index in [0.29, 0.717) is 6.54 Å². The van der Waals surface area contributed by atoms with E-state index in [1.165, 1.54) is 23.8 Å². The summed E-state index contributed by atoms with van der Waals surface area (Å²) in [6.45, 7) is 0.479. The van der Waals surface area contributed by atoms with Crippen LogP contribution < -0.4 is 4.72 Å². The largest absolute Gasteiger partial charge is 0.233 e. The fourth-order valence-electron chi connectivity index (χ4n) is 2.27. The molecule has 0 fully saturated rings. The summed E-state index contributed by atoms with van der Waals surface area (Å²) in [5.41, 5.74) is 2.26. The first-order chi connectivity index (χ1) is 9.66. The molecule has 0 bridgehead atoms. The summed E-state index contributed by atoms with van der Waals surface area (Å²) in [6, 6.07) is 9.42. The number of nitrogens with one attached hydrogen (secondary N) is 1. The van der Waals surface area contributed by atoms with Crippen LogP contribution in [0.1, 0.15) is 37.7 Å². The van der Waals surface area contributed by atoms with Crippen molar-refractivity contribution in [2.75, 3.05) is 6.54 Å². The standard InChI is InChI=1S/C16H21NO2S/c18-20(19,14-12-16-9-5-2-6-10-16)17-13-11-15-7-3-1-4-8-15/h2,5-7,9-10,12,14,17H,1,3-4,8,11,13H2/b14-12+. The first kappa shape index (κ1) is 15.0. The van der Waals surface area contributed by atoms with Crippen LogP contribution in [-0.2, 0) is 10.0 Å². The molecule has 0 unspecified atom stereocenters. The number of rotatable bonds is 6. The molecule has 0 atom stereocenters. The van der Waals surface area contributed by atoms with Gasteiger partial charge in [-0.2, -0.15) is 0 Å². The van der Waals surface area contributed by atoms with E-state index in [1.54, 1.807) is 6.08 Å². The van der Waals surface area contributed by atoms with Crippen molar-refractivity contribution in [3.63, 3.8) is 0 Å². The van der Waals surface area contributed by atoms with E-state index in [9.17, 15) is 8.42 Å². The fourth-order valence-corrected chi connectivity index (χ4v) is 3.09. The number of hydrogen-bond donors (Lipinski definition) is 1. The highest BCUT2D eigenvalue weighted by Crippen LogP contribution is 2.19. The Labute approximate surface area is 121 Å². The first-order valence-corrected chi connectivity index (χ1v) is 8.61. The minimum absolute atomic E-state index is 0.479. The van der Waals surface area contributed by atoms with E-state index in [2.05, 4.69) is 10.8 Å². The molecule has 0 radical (unpaired) electrons. The first-order valence-electron chi connectivity index (χ1n) is 7.06. The minimum Gasteiger partial charge on any atom is -0.211 e. The van der Waals surface area contributed by atoms with E-state index in [-0.39, 0.29) is 0 Å². The van der Waals surface area contributed by atoms with E-state index in [1.807, 2.05) is 30.3 Å². The molecule has 0 aliphatic heterocycles. The van der Waals surface area contributed by atoms with Crippen LogP contribution in [0.2, 0.25) is 0 Å². The zero-order chi connectivity index (χ0) is 14.3. The molecular formula is C16H21NO2S. The van der Waals surface area contributed by atoms with Gasteiger partial charge in [-0.25, -0.2) is 13.1 Å². The molecule has 1 N–H and O–H groups in total. The van der Waals surface area contributed by atoms with Gasteiger partial charge in [-0.1, -0.05) is 42.0 Å². The van der Waals surface area contributed by atoms with Crippen molar-refractivity contribution in [2.45, 2.75) is 32.1 Å². The third-order valence-electron chi connectivity index (χ3n) is 3.37. The quantitative estimate of drug-likeness (QED) is 0.816. The Bertz CT molecular complexity index is 574. The van der Waals surface area contributed by atoms with Gasteiger partial charge < -0.3 is 0 Å². The molecule has 1 aliphatic carbocycles. The second-order valence-electron chi connectivity index (χ2n) is 5.01. The highest BCUT2D eigenvalue weighted by molar-refractivity contribution is 7.92. The van der Waals surface area contributed by atoms with E-state index < -0.39 is 10.0 Å². The van der Waals surface area contributed by atoms with Gasteiger partial charge in [0.05, 0.1) is 0 Å². The lowest BCUT2D eigenvalue weighted by Gasteiger charge is -2.12. The summed E-state index contributed by atoms with van der Waals surface area (Å²) in [5, 5.41) is 1.23. The zero-order valence-corrected chi connectivity index (χ0v) is 12.4. The predicted octanol–water partition coefficient (Wildman–Crippen LogP) is 3.47. The number of allylic oxidation sites excluding steroid dienone is 1. The smallest absolute Gasteiger partial charge is 0.211 e. The predicted molar refractivity (Wildman–Crippen MR) is 83.6 cm³/mol. The molecule has 0 heterocycles. The van der Waals surface area contributed by atoms with Crippen molar-refractivity contribution in [1.82, 2.24) is 4.72 Å². The molecule has 3 nitrogen and oxygen atoms in total. The van der Waals surface area contributed by atoms with Gasteiger partial charge in [-0.15, -0.1) is 0 Å². The molecule has 1 aromatic carbocycles. The second kappa shape index (κ2) is 7.41. The SMILES string of the molecule is O=S(=O)(/C=C/c1ccccc1)NCCC1=CCCCC1. The molecule has 2 rings (SSSR count). The van der Waals surface area contributed by atoms with Gasteiger partial charge in [0.25, 0.3) is 0 Å². The Kier molecular flexibility index (Phi) is 5.56. The number of benzene rings is 1. The van der Waals surface area contributed by atoms with Gasteiger partial charge in [-0.3, -0.25) is 0 Å². The summed E-state index contributed by atoms with van der Waals surface area (Å²) in [4.78, 5) is 0. The lowest BCUT2D eigenvalue weighted by atomic mass is 9.97. The minimum atomic E-state index is -3.34. The van der Waals surface area contributed by atoms with Crippen molar-refractivity contribution in [2.24, 2.45) is 0 Å². The second-order valence-corrected chi connectivity index (χ2v) is 6.66. The van der Waals surface area contributed by atoms with Gasteiger partial charge in [0.2, 0.25) is 10.0 Å². The van der Waals surface area contributed by atoms with Gasteiger partial charge in [0, 0.05) is 12.0 Å². The molecule has 0 amide bonds. The molecule has 20 heavy (non-hydrogen) atoms. The lowest BCUT2D eigenvalue weighted by molar-refractivity contribution is 0.588. The van der Waals surface area contributed by atoms with Crippen molar-refractivity contribution < 1.29 is 8.42 Å². The average Bonchev–Trinajstić information content (AvgIpc) is 2.47. The maximum absolute atomic E-state index is 11.8. The van der Waals surface area contributed by atoms with Crippen LogP contribution in [0.15, 0.2) is 47.4 Å². The lowest BCUT2D eigenvalue weighted by Crippen LogP contribution is -2.22. The summed E-state index contributed by atoms with van der Waals surface area (Å²) >= 11 is 0. The summed E-state index contributed by atoms with van der Waals surface area (Å²) in [6.07, 6.45) is 9.41. The van der Waals surface area contributed by atoms with Gasteiger partial charge >= 0.3 is 0 Å². The maximum Gasteiger partial charge on any atom is 0.233 e. The molecule has 0 saturated carbocycles. The fraction of sp³-hybridized carbons (Fsp3) is 0.375. The van der Waals surface area contributed by atoms with E-state index in [0.717, 1.165) is 24.8 Å². The zero-order valence-electron chi connectivity index (χ0n) is 11.6. The van der Waals surface area contributed by atoms with Gasteiger partial charge in [0.1, 0.15) is 0 Å². The van der Waals surface area contributed by atoms with Crippen LogP contribution in [-0.4, -0.2) is 15.0 Å². The summed E-state index contributed by atoms with van der Waals surface area (Å²) < 4.78 is 26.3. The summed E-state index contributed by atoms with van der Waals surface area (Å²) in [5.74, 6) is 0. The van der Waals surface area contributed by atoms with Gasteiger partial charge in [0.15, 0.2) is 0 Å². The molecular weight excluding hydrogens is 270 g/mol. The highest BCUT2D eigenvalue weighted by atomic mass is 32.2. The van der Waals surface area contributed by atoms with Crippen LogP contribution in [0.25, 0.3) is 6.08 Å². The Morgan fingerprint density at radius 3 is 2.65 bits per heavy atom. The van der Waals surface area contributed by atoms with Crippen molar-refractivity contribution in [1.29, 1.82) is 0 Å². The Hall–Kier alpha value is -1.39. The third-order valence-corrected chi connectivity index (χ3v) is 4.47. The number of hydrogen-bond acceptors (Lipinski definition) is 2. The normalized spacial score (nSPS) is 16.3.